The summed E-state index contributed by atoms with van der Waals surface area (Å²) < 4.78 is 7.34. The lowest BCUT2D eigenvalue weighted by atomic mass is 10.2. The van der Waals surface area contributed by atoms with E-state index in [0.29, 0.717) is 30.7 Å². The first-order chi connectivity index (χ1) is 8.66. The van der Waals surface area contributed by atoms with Crippen molar-refractivity contribution in [3.63, 3.8) is 0 Å². The van der Waals surface area contributed by atoms with Crippen molar-refractivity contribution in [3.8, 4) is 0 Å². The van der Waals surface area contributed by atoms with Gasteiger partial charge >= 0.3 is 0 Å². The van der Waals surface area contributed by atoms with Crippen molar-refractivity contribution in [2.75, 3.05) is 30.8 Å². The maximum absolute atomic E-state index is 5.72. The molecule has 0 unspecified atom stereocenters. The molecule has 0 bridgehead atoms. The van der Waals surface area contributed by atoms with Crippen molar-refractivity contribution in [3.05, 3.63) is 18.6 Å². The van der Waals surface area contributed by atoms with Gasteiger partial charge in [-0.05, 0) is 5.92 Å². The van der Waals surface area contributed by atoms with Gasteiger partial charge in [0.2, 0.25) is 0 Å². The summed E-state index contributed by atoms with van der Waals surface area (Å²) in [7, 11) is 0. The molecule has 6 nitrogen and oxygen atoms in total. The quantitative estimate of drug-likeness (QED) is 0.757. The highest BCUT2D eigenvalue weighted by atomic mass is 16.5. The third-order valence-electron chi connectivity index (χ3n) is 2.38. The van der Waals surface area contributed by atoms with E-state index >= 15 is 0 Å². The third-order valence-corrected chi connectivity index (χ3v) is 2.38. The largest absolute Gasteiger partial charge is 0.382 e. The molecule has 0 saturated heterocycles. The molecule has 0 fully saturated rings. The number of nitrogens with two attached hydrogens (primary N) is 1. The van der Waals surface area contributed by atoms with Crippen molar-refractivity contribution in [2.45, 2.75) is 13.8 Å². The number of anilines is 2. The van der Waals surface area contributed by atoms with E-state index in [4.69, 9.17) is 10.5 Å². The Balaban J connectivity index is 1.93. The number of imidazole rings is 1. The lowest BCUT2D eigenvalue weighted by molar-refractivity contribution is 0.118. The predicted octanol–water partition coefficient (Wildman–Crippen LogP) is 1.40. The Morgan fingerprint density at radius 2 is 2.33 bits per heavy atom. The van der Waals surface area contributed by atoms with Crippen LogP contribution in [0.15, 0.2) is 18.6 Å². The molecule has 6 heteroatoms. The number of ether oxygens (including phenoxy) is 1. The van der Waals surface area contributed by atoms with Crippen molar-refractivity contribution in [1.29, 1.82) is 0 Å². The summed E-state index contributed by atoms with van der Waals surface area (Å²) in [6, 6.07) is 0. The Kier molecular flexibility index (Phi) is 3.99. The number of fused-ring (bicyclic) bond motifs is 1. The molecule has 0 spiro atoms. The molecule has 0 aliphatic carbocycles. The zero-order chi connectivity index (χ0) is 13.0. The van der Waals surface area contributed by atoms with Gasteiger partial charge in [0, 0.05) is 25.5 Å². The molecule has 18 heavy (non-hydrogen) atoms. The Morgan fingerprint density at radius 3 is 3.11 bits per heavy atom. The normalized spacial score (nSPS) is 11.3. The van der Waals surface area contributed by atoms with E-state index in [1.54, 1.807) is 12.4 Å². The second kappa shape index (κ2) is 5.68. The summed E-state index contributed by atoms with van der Waals surface area (Å²) in [6.45, 7) is 6.35. The molecule has 0 amide bonds. The summed E-state index contributed by atoms with van der Waals surface area (Å²) in [4.78, 5) is 8.46. The van der Waals surface area contributed by atoms with Crippen LogP contribution in [0.5, 0.6) is 0 Å². The molecule has 0 radical (unpaired) electrons. The first-order valence-corrected chi connectivity index (χ1v) is 6.07. The first kappa shape index (κ1) is 12.6. The highest BCUT2D eigenvalue weighted by molar-refractivity contribution is 5.64. The highest BCUT2D eigenvalue weighted by Crippen LogP contribution is 2.13. The molecule has 2 aromatic rings. The van der Waals surface area contributed by atoms with E-state index in [1.807, 2.05) is 10.6 Å². The van der Waals surface area contributed by atoms with E-state index in [0.717, 1.165) is 12.3 Å². The minimum Gasteiger partial charge on any atom is -0.382 e. The molecule has 0 saturated carbocycles. The van der Waals surface area contributed by atoms with E-state index < -0.39 is 0 Å². The molecular weight excluding hydrogens is 230 g/mol. The smallest absolute Gasteiger partial charge is 0.180 e. The molecule has 0 aliphatic heterocycles. The molecular formula is C12H19N5O. The second-order valence-corrected chi connectivity index (χ2v) is 4.57. The summed E-state index contributed by atoms with van der Waals surface area (Å²) in [5.74, 6) is 1.70. The SMILES string of the molecule is CC(C)COCCNc1nc(N)cn2ccnc12. The monoisotopic (exact) mass is 249 g/mol. The van der Waals surface area contributed by atoms with Crippen molar-refractivity contribution in [2.24, 2.45) is 5.92 Å². The Hall–Kier alpha value is -1.82. The maximum Gasteiger partial charge on any atom is 0.180 e. The minimum absolute atomic E-state index is 0.464. The molecule has 3 N–H and O–H groups in total. The average molecular weight is 249 g/mol. The summed E-state index contributed by atoms with van der Waals surface area (Å²) in [6.07, 6.45) is 5.30. The zero-order valence-corrected chi connectivity index (χ0v) is 10.8. The summed E-state index contributed by atoms with van der Waals surface area (Å²) >= 11 is 0. The van der Waals surface area contributed by atoms with Crippen LogP contribution in [-0.4, -0.2) is 34.1 Å². The topological polar surface area (TPSA) is 77.5 Å². The van der Waals surface area contributed by atoms with Gasteiger partial charge in [-0.2, -0.15) is 0 Å². The molecule has 0 aliphatic rings. The van der Waals surface area contributed by atoms with Crippen LogP contribution in [0.1, 0.15) is 13.8 Å². The van der Waals surface area contributed by atoms with Crippen LogP contribution in [0.4, 0.5) is 11.6 Å². The Labute approximate surface area is 106 Å². The fraction of sp³-hybridized carbons (Fsp3) is 0.500. The Bertz CT molecular complexity index is 508. The van der Waals surface area contributed by atoms with Gasteiger partial charge in [-0.1, -0.05) is 13.8 Å². The van der Waals surface area contributed by atoms with Gasteiger partial charge in [-0.25, -0.2) is 9.97 Å². The van der Waals surface area contributed by atoms with Crippen LogP contribution in [0.3, 0.4) is 0 Å². The van der Waals surface area contributed by atoms with Crippen LogP contribution < -0.4 is 11.1 Å². The number of hydrogen-bond acceptors (Lipinski definition) is 5. The molecule has 0 atom stereocenters. The first-order valence-electron chi connectivity index (χ1n) is 6.07. The average Bonchev–Trinajstić information content (AvgIpc) is 2.75. The second-order valence-electron chi connectivity index (χ2n) is 4.57. The molecule has 0 aromatic carbocycles. The number of nitrogen functional groups attached to an aromatic ring is 1. The van der Waals surface area contributed by atoms with Gasteiger partial charge in [-0.3, -0.25) is 0 Å². The number of nitrogens with one attached hydrogen (secondary N) is 1. The third kappa shape index (κ3) is 3.10. The fourth-order valence-corrected chi connectivity index (χ4v) is 1.63. The maximum atomic E-state index is 5.72. The molecule has 2 aromatic heterocycles. The van der Waals surface area contributed by atoms with E-state index in [2.05, 4.69) is 29.1 Å². The van der Waals surface area contributed by atoms with E-state index in [1.165, 1.54) is 0 Å². The predicted molar refractivity (Wildman–Crippen MR) is 71.5 cm³/mol. The van der Waals surface area contributed by atoms with Gasteiger partial charge in [0.25, 0.3) is 0 Å². The number of nitrogens with zero attached hydrogens (tertiary/aromatic N) is 3. The molecule has 98 valence electrons. The van der Waals surface area contributed by atoms with Crippen LogP contribution in [0, 0.1) is 5.92 Å². The number of hydrogen-bond donors (Lipinski definition) is 2. The highest BCUT2D eigenvalue weighted by Gasteiger charge is 2.05. The number of aromatic nitrogens is 3. The van der Waals surface area contributed by atoms with Crippen molar-refractivity contribution in [1.82, 2.24) is 14.4 Å². The van der Waals surface area contributed by atoms with E-state index in [9.17, 15) is 0 Å². The van der Waals surface area contributed by atoms with Crippen LogP contribution in [-0.2, 0) is 4.74 Å². The molecule has 2 heterocycles. The van der Waals surface area contributed by atoms with Gasteiger partial charge in [0.1, 0.15) is 5.82 Å². The van der Waals surface area contributed by atoms with Crippen LogP contribution in [0.25, 0.3) is 5.65 Å². The Morgan fingerprint density at radius 1 is 1.50 bits per heavy atom. The summed E-state index contributed by atoms with van der Waals surface area (Å²) in [5, 5.41) is 3.19. The minimum atomic E-state index is 0.464. The van der Waals surface area contributed by atoms with Crippen LogP contribution in [0.2, 0.25) is 0 Å². The van der Waals surface area contributed by atoms with Gasteiger partial charge in [-0.15, -0.1) is 0 Å². The lowest BCUT2D eigenvalue weighted by Gasteiger charge is -2.09. The fourth-order valence-electron chi connectivity index (χ4n) is 1.63. The van der Waals surface area contributed by atoms with Gasteiger partial charge < -0.3 is 20.2 Å². The lowest BCUT2D eigenvalue weighted by Crippen LogP contribution is -2.14. The van der Waals surface area contributed by atoms with Crippen molar-refractivity contribution < 1.29 is 4.74 Å². The number of rotatable bonds is 6. The molecule has 2 rings (SSSR count). The van der Waals surface area contributed by atoms with E-state index in [-0.39, 0.29) is 0 Å². The summed E-state index contributed by atoms with van der Waals surface area (Å²) in [5.41, 5.74) is 6.49. The van der Waals surface area contributed by atoms with Crippen LogP contribution >= 0.6 is 0 Å². The standard InChI is InChI=1S/C12H19N5O/c1-9(2)8-18-6-4-14-11-12-15-3-5-17(12)7-10(13)16-11/h3,5,7,9H,4,6,8,13H2,1-2H3,(H,14,16). The van der Waals surface area contributed by atoms with Crippen molar-refractivity contribution >= 4 is 17.3 Å². The zero-order valence-electron chi connectivity index (χ0n) is 10.8. The van der Waals surface area contributed by atoms with Gasteiger partial charge in [0.15, 0.2) is 11.5 Å². The van der Waals surface area contributed by atoms with Gasteiger partial charge in [0.05, 0.1) is 12.8 Å².